The van der Waals surface area contributed by atoms with Crippen LogP contribution in [-0.2, 0) is 27.2 Å². The molecular weight excluding hydrogens is 604 g/mol. The van der Waals surface area contributed by atoms with Crippen molar-refractivity contribution in [3.63, 3.8) is 0 Å². The molecule has 7 nitrogen and oxygen atoms in total. The number of carbonyl (C=O) groups is 1. The van der Waals surface area contributed by atoms with Gasteiger partial charge in [0, 0.05) is 28.1 Å². The highest BCUT2D eigenvalue weighted by atomic mass is 127. The highest BCUT2D eigenvalue weighted by Crippen LogP contribution is 2.35. The Morgan fingerprint density at radius 2 is 1.94 bits per heavy atom. The molecule has 3 rings (SSSR count). The molecule has 0 unspecified atom stereocenters. The van der Waals surface area contributed by atoms with E-state index in [1.807, 2.05) is 22.6 Å². The second-order valence-electron chi connectivity index (χ2n) is 6.30. The van der Waals surface area contributed by atoms with Gasteiger partial charge in [0.1, 0.15) is 6.33 Å². The van der Waals surface area contributed by atoms with Crippen molar-refractivity contribution in [1.29, 1.82) is 0 Å². The zero-order valence-electron chi connectivity index (χ0n) is 15.8. The van der Waals surface area contributed by atoms with Crippen LogP contribution in [0.4, 0.5) is 18.3 Å². The van der Waals surface area contributed by atoms with Crippen molar-refractivity contribution in [3.8, 4) is 0 Å². The van der Waals surface area contributed by atoms with E-state index in [9.17, 15) is 26.4 Å². The van der Waals surface area contributed by atoms with Gasteiger partial charge in [-0.25, -0.2) is 13.4 Å². The third kappa shape index (κ3) is 5.88. The van der Waals surface area contributed by atoms with E-state index >= 15 is 0 Å². The molecule has 0 atom stereocenters. The van der Waals surface area contributed by atoms with Crippen LogP contribution in [-0.4, -0.2) is 23.7 Å². The summed E-state index contributed by atoms with van der Waals surface area (Å²) in [7, 11) is -3.92. The molecule has 0 saturated heterocycles. The summed E-state index contributed by atoms with van der Waals surface area (Å²) >= 11 is 8.58. The first-order chi connectivity index (χ1) is 15.0. The second-order valence-corrected chi connectivity index (χ2v) is 9.93. The van der Waals surface area contributed by atoms with Gasteiger partial charge in [-0.2, -0.15) is 17.5 Å². The zero-order chi connectivity index (χ0) is 23.5. The number of aromatic nitrogens is 2. The van der Waals surface area contributed by atoms with Gasteiger partial charge in [0.15, 0.2) is 0 Å². The van der Waals surface area contributed by atoms with Crippen LogP contribution in [0.5, 0.6) is 0 Å². The van der Waals surface area contributed by atoms with Gasteiger partial charge in [-0.3, -0.25) is 9.52 Å². The number of alkyl halides is 4. The maximum Gasteiger partial charge on any atom is 0.417 e. The topological polar surface area (TPSA) is 101 Å². The van der Waals surface area contributed by atoms with Crippen molar-refractivity contribution in [2.75, 3.05) is 4.72 Å². The molecule has 0 radical (unpaired) electrons. The predicted molar refractivity (Wildman–Crippen MR) is 123 cm³/mol. The van der Waals surface area contributed by atoms with Gasteiger partial charge in [0.05, 0.1) is 15.5 Å². The van der Waals surface area contributed by atoms with Crippen molar-refractivity contribution < 1.29 is 26.4 Å². The number of halogens is 5. The third-order valence-corrected chi connectivity index (χ3v) is 7.33. The molecule has 1 aromatic heterocycles. The maximum absolute atomic E-state index is 12.8. The summed E-state index contributed by atoms with van der Waals surface area (Å²) in [5, 5.41) is 2.25. The van der Waals surface area contributed by atoms with E-state index in [-0.39, 0.29) is 22.1 Å². The lowest BCUT2D eigenvalue weighted by Crippen LogP contribution is -2.24. The van der Waals surface area contributed by atoms with E-state index in [1.54, 1.807) is 0 Å². The number of anilines is 1. The molecule has 3 aromatic rings. The minimum atomic E-state index is -4.57. The molecule has 0 aliphatic carbocycles. The van der Waals surface area contributed by atoms with Gasteiger partial charge in [0.2, 0.25) is 5.13 Å². The molecule has 1 amide bonds. The van der Waals surface area contributed by atoms with Crippen LogP contribution in [0.25, 0.3) is 0 Å². The maximum atomic E-state index is 12.8. The lowest BCUT2D eigenvalue weighted by Gasteiger charge is -2.13. The summed E-state index contributed by atoms with van der Waals surface area (Å²) < 4.78 is 69.9. The summed E-state index contributed by atoms with van der Waals surface area (Å²) in [6.45, 7) is -0.0595. The first kappa shape index (κ1) is 24.7. The first-order valence-electron chi connectivity index (χ1n) is 8.63. The van der Waals surface area contributed by atoms with Crippen LogP contribution in [0.3, 0.4) is 0 Å². The number of benzene rings is 2. The normalized spacial score (nSPS) is 11.9. The van der Waals surface area contributed by atoms with Crippen molar-refractivity contribution in [2.45, 2.75) is 22.0 Å². The largest absolute Gasteiger partial charge is 0.417 e. The smallest absolute Gasteiger partial charge is 0.348 e. The fourth-order valence-corrected chi connectivity index (χ4v) is 5.29. The van der Waals surface area contributed by atoms with Gasteiger partial charge in [-0.15, -0.1) is 0 Å². The lowest BCUT2D eigenvalue weighted by atomic mass is 10.1. The van der Waals surface area contributed by atoms with Gasteiger partial charge < -0.3 is 5.32 Å². The monoisotopic (exact) mass is 616 g/mol. The van der Waals surface area contributed by atoms with Crippen LogP contribution in [0, 0.1) is 0 Å². The summed E-state index contributed by atoms with van der Waals surface area (Å²) in [6.07, 6.45) is -3.35. The van der Waals surface area contributed by atoms with Crippen molar-refractivity contribution in [1.82, 2.24) is 14.7 Å². The molecule has 32 heavy (non-hydrogen) atoms. The van der Waals surface area contributed by atoms with Crippen LogP contribution in [0.15, 0.2) is 47.6 Å². The van der Waals surface area contributed by atoms with Gasteiger partial charge >= 0.3 is 6.18 Å². The first-order valence-corrected chi connectivity index (χ1v) is 12.8. The number of nitrogens with zero attached hydrogens (tertiary/aromatic N) is 2. The van der Waals surface area contributed by atoms with Crippen molar-refractivity contribution in [3.05, 3.63) is 70.0 Å². The van der Waals surface area contributed by atoms with Crippen molar-refractivity contribution in [2.24, 2.45) is 0 Å². The summed E-state index contributed by atoms with van der Waals surface area (Å²) in [5.74, 6) is -0.506. The molecule has 1 heterocycles. The number of sulfonamides is 1. The fourth-order valence-electron chi connectivity index (χ4n) is 2.64. The molecule has 14 heteroatoms. The molecule has 2 aromatic carbocycles. The molecule has 0 fully saturated rings. The van der Waals surface area contributed by atoms with E-state index < -0.39 is 32.7 Å². The number of hydrogen-bond donors (Lipinski definition) is 2. The van der Waals surface area contributed by atoms with Crippen molar-refractivity contribution >= 4 is 66.8 Å². The van der Waals surface area contributed by atoms with E-state index in [2.05, 4.69) is 19.4 Å². The third-order valence-electron chi connectivity index (χ3n) is 4.15. The van der Waals surface area contributed by atoms with E-state index in [1.165, 1.54) is 30.6 Å². The molecule has 0 aliphatic heterocycles. The van der Waals surface area contributed by atoms with Gasteiger partial charge in [-0.05, 0) is 41.5 Å². The second kappa shape index (κ2) is 9.89. The lowest BCUT2D eigenvalue weighted by molar-refractivity contribution is -0.137. The number of amides is 1. The SMILES string of the molecule is O=C(NCc1ccc(C(F)(F)F)c(Cl)c1)c1ccc(S(=O)(=O)Nc2ncns2)cc1CI. The number of carbonyl (C=O) groups excluding carboxylic acids is 1. The highest BCUT2D eigenvalue weighted by Gasteiger charge is 2.33. The minimum absolute atomic E-state index is 0.0505. The number of nitrogens with one attached hydrogen (secondary N) is 2. The Hall–Kier alpha value is -1.97. The molecular formula is C18H13ClF3IN4O3S2. The highest BCUT2D eigenvalue weighted by molar-refractivity contribution is 14.1. The summed E-state index contributed by atoms with van der Waals surface area (Å²) in [5.41, 5.74) is 0.133. The van der Waals surface area contributed by atoms with Crippen LogP contribution >= 0.6 is 45.7 Å². The Morgan fingerprint density at radius 1 is 1.19 bits per heavy atom. The van der Waals surface area contributed by atoms with Gasteiger partial charge in [-0.1, -0.05) is 40.3 Å². The molecule has 170 valence electrons. The predicted octanol–water partition coefficient (Wildman–Crippen LogP) is 4.88. The standard InChI is InChI=1S/C18H13ClF3IN4O3S2/c19-15-5-10(1-4-14(15)18(20,21)22)8-24-16(28)13-3-2-12(6-11(13)7-23)32(29,30)27-17-25-9-26-31-17/h1-6,9H,7-8H2,(H,24,28)(H,25,26,27). The van der Waals surface area contributed by atoms with Crippen LogP contribution in [0.2, 0.25) is 5.02 Å². The summed E-state index contributed by atoms with van der Waals surface area (Å²) in [6, 6.07) is 7.24. The average Bonchev–Trinajstić information content (AvgIpc) is 3.22. The van der Waals surface area contributed by atoms with E-state index in [0.717, 1.165) is 23.7 Å². The Bertz CT molecular complexity index is 1240. The summed E-state index contributed by atoms with van der Waals surface area (Å²) in [4.78, 5) is 16.3. The molecule has 0 saturated carbocycles. The van der Waals surface area contributed by atoms with Crippen LogP contribution < -0.4 is 10.0 Å². The van der Waals surface area contributed by atoms with Crippen LogP contribution in [0.1, 0.15) is 27.0 Å². The molecule has 0 aliphatic rings. The zero-order valence-corrected chi connectivity index (χ0v) is 20.3. The minimum Gasteiger partial charge on any atom is -0.348 e. The van der Waals surface area contributed by atoms with E-state index in [0.29, 0.717) is 15.6 Å². The Morgan fingerprint density at radius 3 is 2.53 bits per heavy atom. The number of rotatable bonds is 7. The quantitative estimate of drug-likeness (QED) is 0.291. The molecule has 2 N–H and O–H groups in total. The Kier molecular flexibility index (Phi) is 7.62. The Labute approximate surface area is 203 Å². The molecule has 0 spiro atoms. The van der Waals surface area contributed by atoms with Gasteiger partial charge in [0.25, 0.3) is 15.9 Å². The molecule has 0 bridgehead atoms. The fraction of sp³-hybridized carbons (Fsp3) is 0.167. The average molecular weight is 617 g/mol. The Balaban J connectivity index is 1.75. The van der Waals surface area contributed by atoms with E-state index in [4.69, 9.17) is 11.6 Å². The number of hydrogen-bond acceptors (Lipinski definition) is 6.